The second-order valence-electron chi connectivity index (χ2n) is 6.94. The maximum atomic E-state index is 13.0. The average Bonchev–Trinajstić information content (AvgIpc) is 2.73. The van der Waals surface area contributed by atoms with Gasteiger partial charge in [0.2, 0.25) is 0 Å². The molecule has 154 valence electrons. The van der Waals surface area contributed by atoms with E-state index in [0.29, 0.717) is 30.2 Å². The summed E-state index contributed by atoms with van der Waals surface area (Å²) in [7, 11) is 3.09. The number of ether oxygens (including phenoxy) is 2. The Balaban J connectivity index is 1.90. The van der Waals surface area contributed by atoms with Crippen LogP contribution in [-0.4, -0.2) is 42.8 Å². The van der Waals surface area contributed by atoms with Gasteiger partial charge in [0.25, 0.3) is 0 Å². The van der Waals surface area contributed by atoms with Crippen LogP contribution in [0.5, 0.6) is 11.5 Å². The van der Waals surface area contributed by atoms with Gasteiger partial charge in [-0.05, 0) is 53.8 Å². The van der Waals surface area contributed by atoms with Gasteiger partial charge >= 0.3 is 12.0 Å². The number of carbonyl (C=O) groups excluding carboxylic acids is 1. The van der Waals surface area contributed by atoms with Crippen LogP contribution in [0.4, 0.5) is 10.5 Å². The Labute approximate surface area is 170 Å². The maximum absolute atomic E-state index is 13.0. The second kappa shape index (κ2) is 8.86. The number of hydrogen-bond donors (Lipinski definition) is 2. The molecule has 0 bridgehead atoms. The fourth-order valence-corrected chi connectivity index (χ4v) is 3.68. The Morgan fingerprint density at radius 1 is 1.14 bits per heavy atom. The molecule has 2 aromatic carbocycles. The number of hydrogen-bond acceptors (Lipinski definition) is 4. The molecule has 0 saturated heterocycles. The van der Waals surface area contributed by atoms with Gasteiger partial charge in [0.1, 0.15) is 0 Å². The van der Waals surface area contributed by atoms with Gasteiger partial charge in [-0.15, -0.1) is 0 Å². The van der Waals surface area contributed by atoms with Crippen LogP contribution in [0.25, 0.3) is 0 Å². The van der Waals surface area contributed by atoms with Crippen molar-refractivity contribution in [3.05, 3.63) is 53.1 Å². The Hall–Kier alpha value is -3.22. The Morgan fingerprint density at radius 2 is 1.79 bits per heavy atom. The molecule has 2 aromatic rings. The minimum Gasteiger partial charge on any atom is -0.493 e. The van der Waals surface area contributed by atoms with Crippen LogP contribution in [0.2, 0.25) is 0 Å². The standard InChI is InChI=1S/C22H26N2O5/c1-4-14-5-7-16(8-6-14)23-22(27)24-10-9-15-11-19(28-2)20(29-3)12-17(15)18(24)13-21(25)26/h5-8,11-12,18H,4,9-10,13H2,1-3H3,(H,23,27)(H,25,26). The first-order valence-corrected chi connectivity index (χ1v) is 9.60. The third-order valence-corrected chi connectivity index (χ3v) is 5.24. The zero-order valence-corrected chi connectivity index (χ0v) is 16.9. The van der Waals surface area contributed by atoms with Crippen molar-refractivity contribution in [2.24, 2.45) is 0 Å². The van der Waals surface area contributed by atoms with Crippen LogP contribution in [0.3, 0.4) is 0 Å². The van der Waals surface area contributed by atoms with Crippen molar-refractivity contribution in [1.29, 1.82) is 0 Å². The first kappa shape index (κ1) is 20.5. The van der Waals surface area contributed by atoms with Crippen LogP contribution < -0.4 is 14.8 Å². The average molecular weight is 398 g/mol. The van der Waals surface area contributed by atoms with E-state index in [1.54, 1.807) is 18.1 Å². The van der Waals surface area contributed by atoms with Crippen LogP contribution in [0, 0.1) is 0 Å². The molecule has 3 rings (SSSR count). The Kier molecular flexibility index (Phi) is 6.26. The maximum Gasteiger partial charge on any atom is 0.322 e. The lowest BCUT2D eigenvalue weighted by atomic mass is 9.90. The second-order valence-corrected chi connectivity index (χ2v) is 6.94. The predicted octanol–water partition coefficient (Wildman–Crippen LogP) is 3.87. The number of anilines is 1. The zero-order valence-electron chi connectivity index (χ0n) is 16.9. The van der Waals surface area contributed by atoms with Crippen LogP contribution in [-0.2, 0) is 17.6 Å². The van der Waals surface area contributed by atoms with Gasteiger partial charge in [0.15, 0.2) is 11.5 Å². The van der Waals surface area contributed by atoms with Gasteiger partial charge in [0.05, 0.1) is 26.7 Å². The molecule has 2 amide bonds. The van der Waals surface area contributed by atoms with Gasteiger partial charge < -0.3 is 24.8 Å². The normalized spacial score (nSPS) is 15.4. The highest BCUT2D eigenvalue weighted by Gasteiger charge is 2.33. The van der Waals surface area contributed by atoms with Crippen molar-refractivity contribution in [1.82, 2.24) is 4.90 Å². The lowest BCUT2D eigenvalue weighted by molar-refractivity contribution is -0.138. The molecule has 1 aliphatic heterocycles. The van der Waals surface area contributed by atoms with Crippen molar-refractivity contribution in [2.75, 3.05) is 26.1 Å². The molecule has 0 aromatic heterocycles. The molecule has 29 heavy (non-hydrogen) atoms. The molecular formula is C22H26N2O5. The summed E-state index contributed by atoms with van der Waals surface area (Å²) in [4.78, 5) is 26.1. The minimum atomic E-state index is -0.970. The van der Waals surface area contributed by atoms with E-state index in [1.807, 2.05) is 30.3 Å². The highest BCUT2D eigenvalue weighted by Crippen LogP contribution is 2.39. The summed E-state index contributed by atoms with van der Waals surface area (Å²) in [5.74, 6) is 0.135. The predicted molar refractivity (Wildman–Crippen MR) is 110 cm³/mol. The van der Waals surface area contributed by atoms with Crippen LogP contribution in [0.1, 0.15) is 36.1 Å². The highest BCUT2D eigenvalue weighted by molar-refractivity contribution is 5.90. The molecular weight excluding hydrogens is 372 g/mol. The number of methoxy groups -OCH3 is 2. The Bertz CT molecular complexity index is 895. The number of fused-ring (bicyclic) bond motifs is 1. The summed E-state index contributed by atoms with van der Waals surface area (Å²) in [6.07, 6.45) is 1.34. The number of benzene rings is 2. The van der Waals surface area contributed by atoms with Gasteiger partial charge in [-0.3, -0.25) is 4.79 Å². The fraction of sp³-hybridized carbons (Fsp3) is 0.364. The van der Waals surface area contributed by atoms with E-state index in [0.717, 1.165) is 17.5 Å². The van der Waals surface area contributed by atoms with E-state index < -0.39 is 12.0 Å². The molecule has 0 saturated carbocycles. The molecule has 0 fully saturated rings. The number of nitrogens with one attached hydrogen (secondary N) is 1. The molecule has 0 spiro atoms. The van der Waals surface area contributed by atoms with Crippen molar-refractivity contribution in [3.63, 3.8) is 0 Å². The zero-order chi connectivity index (χ0) is 21.0. The minimum absolute atomic E-state index is 0.190. The number of urea groups is 1. The van der Waals surface area contributed by atoms with E-state index in [4.69, 9.17) is 9.47 Å². The number of aliphatic carboxylic acids is 1. The first-order valence-electron chi connectivity index (χ1n) is 9.60. The monoisotopic (exact) mass is 398 g/mol. The van der Waals surface area contributed by atoms with Gasteiger partial charge in [-0.25, -0.2) is 4.79 Å². The number of nitrogens with zero attached hydrogens (tertiary/aromatic N) is 1. The van der Waals surface area contributed by atoms with E-state index in [-0.39, 0.29) is 12.5 Å². The number of amides is 2. The smallest absolute Gasteiger partial charge is 0.322 e. The van der Waals surface area contributed by atoms with Crippen LogP contribution >= 0.6 is 0 Å². The molecule has 7 nitrogen and oxygen atoms in total. The van der Waals surface area contributed by atoms with E-state index in [1.165, 1.54) is 12.7 Å². The molecule has 0 radical (unpaired) electrons. The Morgan fingerprint density at radius 3 is 2.38 bits per heavy atom. The summed E-state index contributed by atoms with van der Waals surface area (Å²) < 4.78 is 10.7. The lowest BCUT2D eigenvalue weighted by Gasteiger charge is -2.37. The highest BCUT2D eigenvalue weighted by atomic mass is 16.5. The van der Waals surface area contributed by atoms with Crippen molar-refractivity contribution in [3.8, 4) is 11.5 Å². The summed E-state index contributed by atoms with van der Waals surface area (Å²) in [6, 6.07) is 10.4. The van der Waals surface area contributed by atoms with Gasteiger partial charge in [-0.2, -0.15) is 0 Å². The summed E-state index contributed by atoms with van der Waals surface area (Å²) in [5, 5.41) is 12.3. The van der Waals surface area contributed by atoms with Crippen LogP contribution in [0.15, 0.2) is 36.4 Å². The fourth-order valence-electron chi connectivity index (χ4n) is 3.68. The third kappa shape index (κ3) is 4.45. The van der Waals surface area contributed by atoms with Crippen molar-refractivity contribution < 1.29 is 24.2 Å². The number of carboxylic acids is 1. The van der Waals surface area contributed by atoms with Crippen molar-refractivity contribution >= 4 is 17.7 Å². The molecule has 1 atom stereocenters. The molecule has 7 heteroatoms. The molecule has 1 heterocycles. The van der Waals surface area contributed by atoms with E-state index >= 15 is 0 Å². The molecule has 1 aliphatic rings. The third-order valence-electron chi connectivity index (χ3n) is 5.24. The van der Waals surface area contributed by atoms with E-state index in [2.05, 4.69) is 12.2 Å². The number of rotatable bonds is 6. The lowest BCUT2D eigenvalue weighted by Crippen LogP contribution is -2.43. The first-order chi connectivity index (χ1) is 14.0. The molecule has 2 N–H and O–H groups in total. The number of aryl methyl sites for hydroxylation is 1. The topological polar surface area (TPSA) is 88.1 Å². The van der Waals surface area contributed by atoms with E-state index in [9.17, 15) is 14.7 Å². The number of carboxylic acid groups (broad SMARTS) is 1. The molecule has 0 aliphatic carbocycles. The van der Waals surface area contributed by atoms with Gasteiger partial charge in [0, 0.05) is 12.2 Å². The largest absolute Gasteiger partial charge is 0.493 e. The SMILES string of the molecule is CCc1ccc(NC(=O)N2CCc3cc(OC)c(OC)cc3C2CC(=O)O)cc1. The summed E-state index contributed by atoms with van der Waals surface area (Å²) in [6.45, 7) is 2.48. The molecule has 1 unspecified atom stereocenters. The quantitative estimate of drug-likeness (QED) is 0.771. The number of carbonyl (C=O) groups is 2. The van der Waals surface area contributed by atoms with Gasteiger partial charge in [-0.1, -0.05) is 19.1 Å². The summed E-state index contributed by atoms with van der Waals surface area (Å²) >= 11 is 0. The van der Waals surface area contributed by atoms with Crippen molar-refractivity contribution in [2.45, 2.75) is 32.2 Å². The summed E-state index contributed by atoms with van der Waals surface area (Å²) in [5.41, 5.74) is 3.59.